The maximum atomic E-state index is 9.86. The van der Waals surface area contributed by atoms with Crippen molar-refractivity contribution in [2.45, 2.75) is 0 Å². The van der Waals surface area contributed by atoms with Gasteiger partial charge in [-0.15, -0.1) is 0 Å². The lowest BCUT2D eigenvalue weighted by Gasteiger charge is -2.17. The maximum Gasteiger partial charge on any atom is 0.503 e. The lowest BCUT2D eigenvalue weighted by molar-refractivity contribution is -0.112. The largest absolute Gasteiger partial charge is 0.503 e. The summed E-state index contributed by atoms with van der Waals surface area (Å²) in [4.78, 5) is 18.4. The van der Waals surface area contributed by atoms with E-state index >= 15 is 0 Å². The minimum Gasteiger partial charge on any atom is -0.450 e. The van der Waals surface area contributed by atoms with Crippen LogP contribution < -0.4 is 5.43 Å². The Morgan fingerprint density at radius 3 is 2.46 bits per heavy atom. The van der Waals surface area contributed by atoms with Gasteiger partial charge in [0, 0.05) is 6.20 Å². The van der Waals surface area contributed by atoms with Gasteiger partial charge in [-0.2, -0.15) is 0 Å². The van der Waals surface area contributed by atoms with E-state index in [0.29, 0.717) is 6.41 Å². The molecule has 0 atom stereocenters. The Morgan fingerprint density at radius 2 is 2.08 bits per heavy atom. The van der Waals surface area contributed by atoms with E-state index in [1.54, 1.807) is 11.2 Å². The van der Waals surface area contributed by atoms with Crippen LogP contribution in [0.1, 0.15) is 0 Å². The van der Waals surface area contributed by atoms with Gasteiger partial charge in [-0.1, -0.05) is 12.2 Å². The van der Waals surface area contributed by atoms with Crippen molar-refractivity contribution in [3.63, 3.8) is 0 Å². The molecule has 0 radical (unpaired) electrons. The highest BCUT2D eigenvalue weighted by Crippen LogP contribution is 1.91. The maximum absolute atomic E-state index is 9.86. The zero-order valence-electron chi connectivity index (χ0n) is 6.75. The second kappa shape index (κ2) is 6.71. The van der Waals surface area contributed by atoms with E-state index in [2.05, 4.69) is 5.43 Å². The zero-order valence-corrected chi connectivity index (χ0v) is 6.75. The van der Waals surface area contributed by atoms with Gasteiger partial charge < -0.3 is 10.2 Å². The molecule has 0 saturated heterocycles. The topological polar surface area (TPSA) is 89.9 Å². The molecule has 0 fully saturated rings. The fraction of sp³-hybridized carbons (Fsp3) is 0.143. The number of hydrazine groups is 1. The van der Waals surface area contributed by atoms with Crippen molar-refractivity contribution in [1.29, 1.82) is 0 Å². The highest BCUT2D eigenvalue weighted by Gasteiger charge is 1.93. The van der Waals surface area contributed by atoms with E-state index in [1.165, 1.54) is 0 Å². The first kappa shape index (κ1) is 11.0. The Hall–Kier alpha value is -1.98. The van der Waals surface area contributed by atoms with E-state index in [1.807, 2.05) is 18.2 Å². The van der Waals surface area contributed by atoms with Gasteiger partial charge in [0.2, 0.25) is 6.41 Å². The Balaban J connectivity index is 0.000000310. The normalized spacial score (nSPS) is 12.8. The van der Waals surface area contributed by atoms with Crippen LogP contribution in [0.25, 0.3) is 0 Å². The van der Waals surface area contributed by atoms with Crippen LogP contribution in [0.15, 0.2) is 24.4 Å². The monoisotopic (exact) mass is 186 g/mol. The zero-order chi connectivity index (χ0) is 10.1. The molecule has 0 bridgehead atoms. The Labute approximate surface area is 74.7 Å². The molecule has 0 unspecified atom stereocenters. The minimum absolute atomic E-state index is 0.656. The second-order valence-electron chi connectivity index (χ2n) is 1.95. The van der Waals surface area contributed by atoms with Crippen LogP contribution in [-0.4, -0.2) is 34.3 Å². The number of allylic oxidation sites excluding steroid dienone is 2. The molecule has 72 valence electrons. The molecule has 0 aromatic carbocycles. The number of nitrogens with zero attached hydrogens (tertiary/aromatic N) is 1. The van der Waals surface area contributed by atoms with Crippen molar-refractivity contribution in [2.75, 3.05) is 6.54 Å². The molecule has 0 spiro atoms. The highest BCUT2D eigenvalue weighted by molar-refractivity contribution is 5.53. The molecular formula is C7H10N2O4. The van der Waals surface area contributed by atoms with Crippen LogP contribution in [-0.2, 0) is 4.79 Å². The first-order valence-electron chi connectivity index (χ1n) is 3.38. The molecule has 6 heteroatoms. The van der Waals surface area contributed by atoms with E-state index in [4.69, 9.17) is 15.0 Å². The summed E-state index contributed by atoms with van der Waals surface area (Å²) in [6.07, 6.45) is 6.37. The van der Waals surface area contributed by atoms with Crippen molar-refractivity contribution >= 4 is 12.6 Å². The molecule has 6 nitrogen and oxygen atoms in total. The summed E-state index contributed by atoms with van der Waals surface area (Å²) in [7, 11) is 0. The van der Waals surface area contributed by atoms with Crippen LogP contribution in [0.4, 0.5) is 4.79 Å². The molecule has 13 heavy (non-hydrogen) atoms. The smallest absolute Gasteiger partial charge is 0.450 e. The number of hydrogen-bond acceptors (Lipinski definition) is 3. The molecule has 3 N–H and O–H groups in total. The first-order chi connectivity index (χ1) is 6.16. The average Bonchev–Trinajstić information content (AvgIpc) is 2.06. The van der Waals surface area contributed by atoms with Gasteiger partial charge in [-0.05, 0) is 6.08 Å². The van der Waals surface area contributed by atoms with Crippen molar-refractivity contribution in [3.05, 3.63) is 24.4 Å². The summed E-state index contributed by atoms with van der Waals surface area (Å²) in [6.45, 7) is 0.745. The van der Waals surface area contributed by atoms with E-state index in [9.17, 15) is 4.79 Å². The molecule has 1 aliphatic rings. The quantitative estimate of drug-likeness (QED) is 0.538. The third-order valence-electron chi connectivity index (χ3n) is 1.03. The predicted molar refractivity (Wildman–Crippen MR) is 44.8 cm³/mol. The molecule has 0 aromatic heterocycles. The van der Waals surface area contributed by atoms with Gasteiger partial charge in [0.25, 0.3) is 0 Å². The molecular weight excluding hydrogens is 176 g/mol. The van der Waals surface area contributed by atoms with Crippen molar-refractivity contribution in [1.82, 2.24) is 10.4 Å². The molecule has 1 rings (SSSR count). The third-order valence-corrected chi connectivity index (χ3v) is 1.03. The van der Waals surface area contributed by atoms with Crippen molar-refractivity contribution in [3.8, 4) is 0 Å². The van der Waals surface area contributed by atoms with Crippen molar-refractivity contribution < 1.29 is 19.8 Å². The lowest BCUT2D eigenvalue weighted by Crippen LogP contribution is -2.32. The summed E-state index contributed by atoms with van der Waals surface area (Å²) in [5.41, 5.74) is 2.50. The molecule has 1 heterocycles. The number of nitrogens with one attached hydrogen (secondary N) is 1. The Kier molecular flexibility index (Phi) is 5.69. The van der Waals surface area contributed by atoms with Crippen LogP contribution in [0.2, 0.25) is 0 Å². The van der Waals surface area contributed by atoms with Gasteiger partial charge in [0.15, 0.2) is 0 Å². The summed E-state index contributed by atoms with van der Waals surface area (Å²) in [5.74, 6) is 0. The number of carbonyl (C=O) groups excluding carboxylic acids is 1. The minimum atomic E-state index is -1.83. The Morgan fingerprint density at radius 1 is 1.46 bits per heavy atom. The molecule has 0 aliphatic carbocycles. The number of rotatable bonds is 2. The summed E-state index contributed by atoms with van der Waals surface area (Å²) in [5, 5.41) is 15.6. The van der Waals surface area contributed by atoms with Gasteiger partial charge in [-0.3, -0.25) is 15.2 Å². The van der Waals surface area contributed by atoms with Crippen LogP contribution >= 0.6 is 0 Å². The highest BCUT2D eigenvalue weighted by atomic mass is 16.6. The summed E-state index contributed by atoms with van der Waals surface area (Å²) in [6, 6.07) is 0. The molecule has 1 aliphatic heterocycles. The van der Waals surface area contributed by atoms with Gasteiger partial charge in [0.1, 0.15) is 0 Å². The standard InChI is InChI=1S/C6H8N2O.CH2O3/c9-6-7-8-4-2-1-3-5-8;2-1(3)4/h1-4,6H,5H2,(H,7,9);(H2,2,3,4). The fourth-order valence-corrected chi connectivity index (χ4v) is 0.631. The number of hydrogen-bond donors (Lipinski definition) is 3. The van der Waals surface area contributed by atoms with Gasteiger partial charge in [-0.25, -0.2) is 4.79 Å². The third kappa shape index (κ3) is 7.92. The van der Waals surface area contributed by atoms with Crippen LogP contribution in [0.3, 0.4) is 0 Å². The van der Waals surface area contributed by atoms with Crippen LogP contribution in [0, 0.1) is 0 Å². The number of carboxylic acid groups (broad SMARTS) is 2. The van der Waals surface area contributed by atoms with E-state index in [-0.39, 0.29) is 0 Å². The SMILES string of the molecule is O=C(O)O.O=CNN1C=CC=CC1. The summed E-state index contributed by atoms with van der Waals surface area (Å²) < 4.78 is 0. The average molecular weight is 186 g/mol. The van der Waals surface area contributed by atoms with Crippen molar-refractivity contribution in [2.24, 2.45) is 0 Å². The van der Waals surface area contributed by atoms with E-state index < -0.39 is 6.16 Å². The summed E-state index contributed by atoms with van der Waals surface area (Å²) >= 11 is 0. The number of amides is 1. The molecule has 0 saturated carbocycles. The predicted octanol–water partition coefficient (Wildman–Crippen LogP) is 0.255. The Bertz CT molecular complexity index is 219. The fourth-order valence-electron chi connectivity index (χ4n) is 0.631. The molecule has 0 aromatic rings. The lowest BCUT2D eigenvalue weighted by atomic mass is 10.4. The van der Waals surface area contributed by atoms with Gasteiger partial charge >= 0.3 is 6.16 Å². The van der Waals surface area contributed by atoms with E-state index in [0.717, 1.165) is 6.54 Å². The number of carbonyl (C=O) groups is 2. The molecule has 1 amide bonds. The van der Waals surface area contributed by atoms with Gasteiger partial charge in [0.05, 0.1) is 6.54 Å². The first-order valence-corrected chi connectivity index (χ1v) is 3.38. The second-order valence-corrected chi connectivity index (χ2v) is 1.95. The van der Waals surface area contributed by atoms with Crippen LogP contribution in [0.5, 0.6) is 0 Å².